The highest BCUT2D eigenvalue weighted by Crippen LogP contribution is 2.35. The summed E-state index contributed by atoms with van der Waals surface area (Å²) in [4.78, 5) is 6.10. The van der Waals surface area contributed by atoms with Crippen LogP contribution in [0.2, 0.25) is 0 Å². The van der Waals surface area contributed by atoms with Crippen molar-refractivity contribution in [2.45, 2.75) is 50.5 Å². The van der Waals surface area contributed by atoms with E-state index in [0.29, 0.717) is 40.1 Å². The van der Waals surface area contributed by atoms with E-state index in [1.165, 1.54) is 0 Å². The zero-order chi connectivity index (χ0) is 19.4. The highest BCUT2D eigenvalue weighted by atomic mass is 19.1. The van der Waals surface area contributed by atoms with Crippen LogP contribution < -0.4 is 10.2 Å². The Morgan fingerprint density at radius 2 is 2.11 bits per heavy atom. The van der Waals surface area contributed by atoms with Crippen LogP contribution in [0.4, 0.5) is 10.2 Å². The third kappa shape index (κ3) is 2.79. The van der Waals surface area contributed by atoms with Crippen molar-refractivity contribution in [2.75, 3.05) is 11.9 Å². The summed E-state index contributed by atoms with van der Waals surface area (Å²) in [7, 11) is 1.87. The first-order valence-corrected chi connectivity index (χ1v) is 9.57. The number of hydrogen-bond acceptors (Lipinski definition) is 7. The lowest BCUT2D eigenvalue weighted by molar-refractivity contribution is 0.176. The average molecular weight is 383 g/mol. The van der Waals surface area contributed by atoms with Gasteiger partial charge in [-0.2, -0.15) is 0 Å². The van der Waals surface area contributed by atoms with E-state index in [9.17, 15) is 9.50 Å². The predicted octanol–water partition coefficient (Wildman–Crippen LogP) is 2.97. The van der Waals surface area contributed by atoms with E-state index < -0.39 is 6.17 Å². The third-order valence-electron chi connectivity index (χ3n) is 5.95. The molecule has 1 aromatic carbocycles. The Morgan fingerprint density at radius 1 is 1.25 bits per heavy atom. The van der Waals surface area contributed by atoms with Crippen LogP contribution in [0.5, 0.6) is 5.75 Å². The molecule has 2 aliphatic rings. The number of halogens is 1. The van der Waals surface area contributed by atoms with Gasteiger partial charge in [0.15, 0.2) is 17.3 Å². The molecule has 2 saturated heterocycles. The lowest BCUT2D eigenvalue weighted by Gasteiger charge is -2.38. The number of benzene rings is 1. The van der Waals surface area contributed by atoms with Gasteiger partial charge in [0.25, 0.3) is 0 Å². The molecule has 4 atom stereocenters. The van der Waals surface area contributed by atoms with Crippen molar-refractivity contribution in [3.05, 3.63) is 30.2 Å². The standard InChI is InChI=1S/C20H22FN5O2/c1-10-22-15-9-17(27)12(8-18(15)28-10)13-5-6-19(25-24-13)26(2)16-7-11-3-4-14(23-11)20(16)21/h5-6,8-9,11,14,16,20,23,27H,3-4,7H2,1-2H3/t11?,14?,16-,20-/m0/s1. The first kappa shape index (κ1) is 17.4. The number of nitrogens with zero attached hydrogens (tertiary/aromatic N) is 4. The first-order valence-electron chi connectivity index (χ1n) is 9.57. The van der Waals surface area contributed by atoms with Gasteiger partial charge in [-0.25, -0.2) is 9.37 Å². The number of phenols is 1. The monoisotopic (exact) mass is 383 g/mol. The van der Waals surface area contributed by atoms with Crippen LogP contribution >= 0.6 is 0 Å². The normalized spacial score (nSPS) is 26.7. The van der Waals surface area contributed by atoms with E-state index in [1.807, 2.05) is 18.0 Å². The number of phenolic OH excluding ortho intramolecular Hbond substituents is 1. The zero-order valence-corrected chi connectivity index (χ0v) is 15.8. The maximum absolute atomic E-state index is 14.8. The largest absolute Gasteiger partial charge is 0.507 e. The Balaban J connectivity index is 1.42. The van der Waals surface area contributed by atoms with Crippen LogP contribution in [-0.2, 0) is 0 Å². The second-order valence-corrected chi connectivity index (χ2v) is 7.75. The fourth-order valence-corrected chi connectivity index (χ4v) is 4.46. The molecule has 28 heavy (non-hydrogen) atoms. The zero-order valence-electron chi connectivity index (χ0n) is 15.8. The second kappa shape index (κ2) is 6.41. The molecular weight excluding hydrogens is 361 g/mol. The minimum atomic E-state index is -0.925. The third-order valence-corrected chi connectivity index (χ3v) is 5.95. The molecule has 2 bridgehead atoms. The molecule has 2 aromatic heterocycles. The Labute approximate surface area is 161 Å². The van der Waals surface area contributed by atoms with Gasteiger partial charge in [-0.05, 0) is 37.5 Å². The van der Waals surface area contributed by atoms with E-state index in [4.69, 9.17) is 4.42 Å². The smallest absolute Gasteiger partial charge is 0.192 e. The lowest BCUT2D eigenvalue weighted by atomic mass is 9.96. The van der Waals surface area contributed by atoms with Crippen molar-refractivity contribution < 1.29 is 13.9 Å². The fourth-order valence-electron chi connectivity index (χ4n) is 4.46. The molecule has 5 rings (SSSR count). The summed E-state index contributed by atoms with van der Waals surface area (Å²) < 4.78 is 20.4. The van der Waals surface area contributed by atoms with Crippen LogP contribution in [0.25, 0.3) is 22.4 Å². The summed E-state index contributed by atoms with van der Waals surface area (Å²) in [6, 6.07) is 6.97. The van der Waals surface area contributed by atoms with Crippen molar-refractivity contribution in [2.24, 2.45) is 0 Å². The number of oxazole rings is 1. The van der Waals surface area contributed by atoms with Crippen molar-refractivity contribution in [3.63, 3.8) is 0 Å². The molecule has 8 heteroatoms. The SMILES string of the molecule is Cc1nc2cc(O)c(-c3ccc(N(C)[C@H]4CC5CCC(N5)[C@@H]4F)nn3)cc2o1. The molecule has 0 spiro atoms. The van der Waals surface area contributed by atoms with Crippen molar-refractivity contribution >= 4 is 16.9 Å². The van der Waals surface area contributed by atoms with Gasteiger partial charge in [-0.15, -0.1) is 10.2 Å². The van der Waals surface area contributed by atoms with Gasteiger partial charge in [-0.3, -0.25) is 0 Å². The number of nitrogens with one attached hydrogen (secondary N) is 1. The molecule has 0 amide bonds. The highest BCUT2D eigenvalue weighted by Gasteiger charge is 2.43. The number of fused-ring (bicyclic) bond motifs is 3. The van der Waals surface area contributed by atoms with Crippen molar-refractivity contribution in [3.8, 4) is 17.0 Å². The summed E-state index contributed by atoms with van der Waals surface area (Å²) in [6.45, 7) is 1.76. The minimum absolute atomic E-state index is 0.0625. The van der Waals surface area contributed by atoms with E-state index in [1.54, 1.807) is 25.1 Å². The van der Waals surface area contributed by atoms with E-state index in [0.717, 1.165) is 19.3 Å². The molecule has 0 aliphatic carbocycles. The van der Waals surface area contributed by atoms with Gasteiger partial charge >= 0.3 is 0 Å². The maximum atomic E-state index is 14.8. The van der Waals surface area contributed by atoms with Gasteiger partial charge in [0.2, 0.25) is 0 Å². The van der Waals surface area contributed by atoms with Crippen LogP contribution in [0, 0.1) is 6.92 Å². The fraction of sp³-hybridized carbons (Fsp3) is 0.450. The van der Waals surface area contributed by atoms with E-state index in [-0.39, 0.29) is 17.8 Å². The second-order valence-electron chi connectivity index (χ2n) is 7.75. The molecule has 0 saturated carbocycles. The van der Waals surface area contributed by atoms with Crippen molar-refractivity contribution in [1.29, 1.82) is 0 Å². The number of hydrogen-bond donors (Lipinski definition) is 2. The number of aromatic hydroxyl groups is 1. The molecule has 7 nitrogen and oxygen atoms in total. The number of aromatic nitrogens is 3. The predicted molar refractivity (Wildman–Crippen MR) is 103 cm³/mol. The van der Waals surface area contributed by atoms with Gasteiger partial charge in [0.05, 0.1) is 11.7 Å². The Bertz CT molecular complexity index is 1020. The Morgan fingerprint density at radius 3 is 2.89 bits per heavy atom. The lowest BCUT2D eigenvalue weighted by Crippen LogP contribution is -2.55. The number of aryl methyl sites for hydroxylation is 1. The van der Waals surface area contributed by atoms with Crippen LogP contribution in [-0.4, -0.2) is 51.6 Å². The van der Waals surface area contributed by atoms with Crippen LogP contribution in [0.1, 0.15) is 25.2 Å². The topological polar surface area (TPSA) is 87.3 Å². The number of alkyl halides is 1. The highest BCUT2D eigenvalue weighted by molar-refractivity contribution is 5.83. The molecule has 2 unspecified atom stereocenters. The first-order chi connectivity index (χ1) is 13.5. The molecule has 4 heterocycles. The van der Waals surface area contributed by atoms with E-state index in [2.05, 4.69) is 20.5 Å². The molecule has 2 fully saturated rings. The molecule has 2 aliphatic heterocycles. The van der Waals surface area contributed by atoms with Gasteiger partial charge in [0, 0.05) is 37.7 Å². The van der Waals surface area contributed by atoms with Gasteiger partial charge in [0.1, 0.15) is 17.4 Å². The molecular formula is C20H22FN5O2. The van der Waals surface area contributed by atoms with Crippen molar-refractivity contribution in [1.82, 2.24) is 20.5 Å². The Hall–Kier alpha value is -2.74. The number of anilines is 1. The quantitative estimate of drug-likeness (QED) is 0.719. The summed E-state index contributed by atoms with van der Waals surface area (Å²) in [6.07, 6.45) is 1.76. The maximum Gasteiger partial charge on any atom is 0.192 e. The summed E-state index contributed by atoms with van der Waals surface area (Å²) >= 11 is 0. The molecule has 146 valence electrons. The average Bonchev–Trinajstić information content (AvgIpc) is 3.26. The van der Waals surface area contributed by atoms with Gasteiger partial charge < -0.3 is 19.7 Å². The van der Waals surface area contributed by atoms with Crippen LogP contribution in [0.3, 0.4) is 0 Å². The molecule has 2 N–H and O–H groups in total. The number of piperidine rings is 1. The van der Waals surface area contributed by atoms with Crippen LogP contribution in [0.15, 0.2) is 28.7 Å². The Kier molecular flexibility index (Phi) is 3.97. The summed E-state index contributed by atoms with van der Waals surface area (Å²) in [5.74, 6) is 1.22. The minimum Gasteiger partial charge on any atom is -0.507 e. The summed E-state index contributed by atoms with van der Waals surface area (Å²) in [5, 5.41) is 22.2. The number of rotatable bonds is 3. The molecule has 0 radical (unpaired) electrons. The summed E-state index contributed by atoms with van der Waals surface area (Å²) in [5.41, 5.74) is 2.22. The van der Waals surface area contributed by atoms with Gasteiger partial charge in [-0.1, -0.05) is 0 Å². The molecule has 3 aromatic rings. The van der Waals surface area contributed by atoms with E-state index >= 15 is 0 Å².